The van der Waals surface area contributed by atoms with Gasteiger partial charge in [0.15, 0.2) is 0 Å². The van der Waals surface area contributed by atoms with Gasteiger partial charge in [-0.15, -0.1) is 11.6 Å². The Hall–Kier alpha value is 0.250. The predicted molar refractivity (Wildman–Crippen MR) is 45.6 cm³/mol. The summed E-state index contributed by atoms with van der Waals surface area (Å²) in [7, 11) is 0. The fourth-order valence-electron chi connectivity index (χ4n) is 1.55. The van der Waals surface area contributed by atoms with E-state index in [0.29, 0.717) is 5.38 Å². The van der Waals surface area contributed by atoms with Crippen molar-refractivity contribution < 1.29 is 0 Å². The quantitative estimate of drug-likeness (QED) is 0.612. The SMILES string of the molecule is CCNC1CCC(Cl)CC1. The molecule has 0 aromatic carbocycles. The average molecular weight is 162 g/mol. The summed E-state index contributed by atoms with van der Waals surface area (Å²) in [6.45, 7) is 3.25. The summed E-state index contributed by atoms with van der Waals surface area (Å²) in [5.74, 6) is 0. The molecular formula is C8H16ClN. The molecule has 0 bridgehead atoms. The first-order valence-electron chi connectivity index (χ1n) is 4.20. The highest BCUT2D eigenvalue weighted by Gasteiger charge is 2.17. The predicted octanol–water partition coefficient (Wildman–Crippen LogP) is 2.15. The van der Waals surface area contributed by atoms with Gasteiger partial charge in [-0.1, -0.05) is 6.92 Å². The normalized spacial score (nSPS) is 34.2. The lowest BCUT2D eigenvalue weighted by atomic mass is 9.95. The van der Waals surface area contributed by atoms with Gasteiger partial charge in [0, 0.05) is 11.4 Å². The van der Waals surface area contributed by atoms with E-state index >= 15 is 0 Å². The van der Waals surface area contributed by atoms with E-state index in [0.717, 1.165) is 12.6 Å². The number of alkyl halides is 1. The molecule has 1 aliphatic carbocycles. The van der Waals surface area contributed by atoms with Crippen LogP contribution in [0, 0.1) is 0 Å². The van der Waals surface area contributed by atoms with Crippen LogP contribution >= 0.6 is 11.6 Å². The van der Waals surface area contributed by atoms with Crippen molar-refractivity contribution in [1.82, 2.24) is 5.32 Å². The number of nitrogens with one attached hydrogen (secondary N) is 1. The van der Waals surface area contributed by atoms with Crippen molar-refractivity contribution in [2.24, 2.45) is 0 Å². The highest BCUT2D eigenvalue weighted by Crippen LogP contribution is 2.22. The van der Waals surface area contributed by atoms with E-state index in [2.05, 4.69) is 12.2 Å². The lowest BCUT2D eigenvalue weighted by Crippen LogP contribution is -2.33. The molecule has 0 aromatic heterocycles. The molecule has 0 unspecified atom stereocenters. The minimum atomic E-state index is 0.454. The van der Waals surface area contributed by atoms with Crippen LogP contribution in [0.15, 0.2) is 0 Å². The van der Waals surface area contributed by atoms with Crippen molar-refractivity contribution in [2.75, 3.05) is 6.54 Å². The van der Waals surface area contributed by atoms with E-state index in [4.69, 9.17) is 11.6 Å². The molecule has 0 atom stereocenters. The van der Waals surface area contributed by atoms with E-state index in [1.807, 2.05) is 0 Å². The standard InChI is InChI=1S/C8H16ClN/c1-2-10-8-5-3-7(9)4-6-8/h7-8,10H,2-6H2,1H3. The molecule has 0 spiro atoms. The Morgan fingerprint density at radius 2 is 1.90 bits per heavy atom. The molecule has 0 radical (unpaired) electrons. The van der Waals surface area contributed by atoms with Crippen LogP contribution in [0.5, 0.6) is 0 Å². The van der Waals surface area contributed by atoms with Gasteiger partial charge in [0.05, 0.1) is 0 Å². The molecule has 10 heavy (non-hydrogen) atoms. The molecule has 1 fully saturated rings. The van der Waals surface area contributed by atoms with E-state index in [1.54, 1.807) is 0 Å². The first kappa shape index (κ1) is 8.35. The molecule has 1 rings (SSSR count). The first-order valence-corrected chi connectivity index (χ1v) is 4.64. The van der Waals surface area contributed by atoms with Crippen LogP contribution in [-0.2, 0) is 0 Å². The topological polar surface area (TPSA) is 12.0 Å². The molecule has 1 N–H and O–H groups in total. The van der Waals surface area contributed by atoms with Gasteiger partial charge in [-0.25, -0.2) is 0 Å². The minimum absolute atomic E-state index is 0.454. The van der Waals surface area contributed by atoms with Crippen molar-refractivity contribution in [3.05, 3.63) is 0 Å². The molecule has 0 amide bonds. The fourth-order valence-corrected chi connectivity index (χ4v) is 1.80. The second-order valence-electron chi connectivity index (χ2n) is 3.01. The second kappa shape index (κ2) is 4.20. The Morgan fingerprint density at radius 1 is 1.30 bits per heavy atom. The van der Waals surface area contributed by atoms with Crippen LogP contribution < -0.4 is 5.32 Å². The molecule has 60 valence electrons. The molecule has 1 aliphatic rings. The monoisotopic (exact) mass is 161 g/mol. The highest BCUT2D eigenvalue weighted by atomic mass is 35.5. The summed E-state index contributed by atoms with van der Waals surface area (Å²) in [6, 6.07) is 0.750. The third kappa shape index (κ3) is 2.47. The van der Waals surface area contributed by atoms with E-state index in [1.165, 1.54) is 25.7 Å². The van der Waals surface area contributed by atoms with Crippen LogP contribution in [0.2, 0.25) is 0 Å². The van der Waals surface area contributed by atoms with Crippen LogP contribution in [-0.4, -0.2) is 18.0 Å². The Kier molecular flexibility index (Phi) is 3.50. The number of rotatable bonds is 2. The Bertz CT molecular complexity index is 87.3. The third-order valence-corrected chi connectivity index (χ3v) is 2.59. The largest absolute Gasteiger partial charge is 0.314 e. The van der Waals surface area contributed by atoms with Gasteiger partial charge >= 0.3 is 0 Å². The van der Waals surface area contributed by atoms with Crippen LogP contribution in [0.25, 0.3) is 0 Å². The van der Waals surface area contributed by atoms with Crippen LogP contribution in [0.1, 0.15) is 32.6 Å². The maximum atomic E-state index is 5.95. The number of halogens is 1. The van der Waals surface area contributed by atoms with E-state index < -0.39 is 0 Å². The first-order chi connectivity index (χ1) is 4.83. The summed E-state index contributed by atoms with van der Waals surface area (Å²) < 4.78 is 0. The summed E-state index contributed by atoms with van der Waals surface area (Å²) in [5.41, 5.74) is 0. The Morgan fingerprint density at radius 3 is 2.40 bits per heavy atom. The fraction of sp³-hybridized carbons (Fsp3) is 1.00. The molecule has 0 aromatic rings. The third-order valence-electron chi connectivity index (χ3n) is 2.15. The zero-order chi connectivity index (χ0) is 7.40. The summed E-state index contributed by atoms with van der Waals surface area (Å²) in [6.07, 6.45) is 4.92. The molecule has 1 saturated carbocycles. The molecule has 0 saturated heterocycles. The molecule has 2 heteroatoms. The smallest absolute Gasteiger partial charge is 0.0337 e. The minimum Gasteiger partial charge on any atom is -0.314 e. The summed E-state index contributed by atoms with van der Waals surface area (Å²) >= 11 is 5.95. The summed E-state index contributed by atoms with van der Waals surface area (Å²) in [5, 5.41) is 3.90. The van der Waals surface area contributed by atoms with Crippen LogP contribution in [0.3, 0.4) is 0 Å². The Labute approximate surface area is 68.1 Å². The van der Waals surface area contributed by atoms with Crippen molar-refractivity contribution in [3.63, 3.8) is 0 Å². The summed E-state index contributed by atoms with van der Waals surface area (Å²) in [4.78, 5) is 0. The second-order valence-corrected chi connectivity index (χ2v) is 3.62. The van der Waals surface area contributed by atoms with Crippen molar-refractivity contribution in [3.8, 4) is 0 Å². The maximum absolute atomic E-state index is 5.95. The molecular weight excluding hydrogens is 146 g/mol. The number of hydrogen-bond acceptors (Lipinski definition) is 1. The maximum Gasteiger partial charge on any atom is 0.0337 e. The number of hydrogen-bond donors (Lipinski definition) is 1. The van der Waals surface area contributed by atoms with E-state index in [-0.39, 0.29) is 0 Å². The van der Waals surface area contributed by atoms with Gasteiger partial charge in [0.25, 0.3) is 0 Å². The lowest BCUT2D eigenvalue weighted by Gasteiger charge is -2.25. The Balaban J connectivity index is 2.13. The van der Waals surface area contributed by atoms with Gasteiger partial charge in [-0.05, 0) is 32.2 Å². The highest BCUT2D eigenvalue weighted by molar-refractivity contribution is 6.20. The molecule has 0 heterocycles. The van der Waals surface area contributed by atoms with Gasteiger partial charge < -0.3 is 5.32 Å². The van der Waals surface area contributed by atoms with Crippen LogP contribution in [0.4, 0.5) is 0 Å². The van der Waals surface area contributed by atoms with Gasteiger partial charge in [0.1, 0.15) is 0 Å². The van der Waals surface area contributed by atoms with Crippen molar-refractivity contribution >= 4 is 11.6 Å². The molecule has 1 nitrogen and oxygen atoms in total. The zero-order valence-electron chi connectivity index (χ0n) is 6.57. The lowest BCUT2D eigenvalue weighted by molar-refractivity contribution is 0.384. The zero-order valence-corrected chi connectivity index (χ0v) is 7.32. The van der Waals surface area contributed by atoms with Gasteiger partial charge in [-0.3, -0.25) is 0 Å². The van der Waals surface area contributed by atoms with Crippen molar-refractivity contribution in [1.29, 1.82) is 0 Å². The van der Waals surface area contributed by atoms with Gasteiger partial charge in [0.2, 0.25) is 0 Å². The average Bonchev–Trinajstić information content (AvgIpc) is 1.95. The molecule has 0 aliphatic heterocycles. The van der Waals surface area contributed by atoms with E-state index in [9.17, 15) is 0 Å². The van der Waals surface area contributed by atoms with Gasteiger partial charge in [-0.2, -0.15) is 0 Å². The van der Waals surface area contributed by atoms with Crippen molar-refractivity contribution in [2.45, 2.75) is 44.0 Å².